The Morgan fingerprint density at radius 3 is 2.79 bits per heavy atom. The van der Waals surface area contributed by atoms with Gasteiger partial charge in [-0.05, 0) is 43.0 Å². The van der Waals surface area contributed by atoms with Gasteiger partial charge in [-0.3, -0.25) is 4.68 Å². The Hall–Kier alpha value is -3.07. The van der Waals surface area contributed by atoms with Gasteiger partial charge >= 0.3 is 6.09 Å². The number of thioether (sulfide) groups is 1. The Balaban J connectivity index is 1.80. The fraction of sp³-hybridized carbons (Fsp3) is 0.300. The monoisotopic (exact) mass is 411 g/mol. The number of ether oxygens (including phenoxy) is 1. The molecule has 8 nitrogen and oxygen atoms in total. The van der Waals surface area contributed by atoms with Crippen LogP contribution in [0.4, 0.5) is 4.79 Å². The van der Waals surface area contributed by atoms with Crippen LogP contribution in [0.5, 0.6) is 5.75 Å². The summed E-state index contributed by atoms with van der Waals surface area (Å²) in [4.78, 5) is 21.4. The number of rotatable bonds is 5. The van der Waals surface area contributed by atoms with Crippen molar-refractivity contribution in [2.45, 2.75) is 18.1 Å². The average molecular weight is 411 g/mol. The first kappa shape index (κ1) is 19.3. The highest BCUT2D eigenvalue weighted by Crippen LogP contribution is 2.35. The number of methoxy groups -OCH3 is 1. The van der Waals surface area contributed by atoms with Gasteiger partial charge in [0.25, 0.3) is 0 Å². The van der Waals surface area contributed by atoms with Crippen molar-refractivity contribution in [3.63, 3.8) is 0 Å². The van der Waals surface area contributed by atoms with Crippen molar-refractivity contribution in [3.05, 3.63) is 42.2 Å². The topological polar surface area (TPSA) is 93.4 Å². The van der Waals surface area contributed by atoms with E-state index in [4.69, 9.17) is 14.9 Å². The lowest BCUT2D eigenvalue weighted by Gasteiger charge is -2.36. The predicted octanol–water partition coefficient (Wildman–Crippen LogP) is 3.58. The Kier molecular flexibility index (Phi) is 5.14. The molecular formula is C20H21N5O3S. The van der Waals surface area contributed by atoms with E-state index in [0.29, 0.717) is 18.2 Å². The summed E-state index contributed by atoms with van der Waals surface area (Å²) in [6, 6.07) is 7.84. The zero-order chi connectivity index (χ0) is 20.5. The van der Waals surface area contributed by atoms with Crippen LogP contribution in [0.25, 0.3) is 22.5 Å². The van der Waals surface area contributed by atoms with E-state index in [9.17, 15) is 4.79 Å². The van der Waals surface area contributed by atoms with Gasteiger partial charge in [0, 0.05) is 36.6 Å². The Labute approximate surface area is 172 Å². The van der Waals surface area contributed by atoms with Crippen molar-refractivity contribution in [3.8, 4) is 28.3 Å². The second kappa shape index (κ2) is 7.75. The maximum absolute atomic E-state index is 11.1. The van der Waals surface area contributed by atoms with Crippen molar-refractivity contribution >= 4 is 17.9 Å². The van der Waals surface area contributed by atoms with Gasteiger partial charge in [0.05, 0.1) is 18.8 Å². The predicted molar refractivity (Wildman–Crippen MR) is 110 cm³/mol. The lowest BCUT2D eigenvalue weighted by molar-refractivity contribution is 0.0813. The molecule has 0 aliphatic carbocycles. The molecule has 0 unspecified atom stereocenters. The van der Waals surface area contributed by atoms with E-state index in [-0.39, 0.29) is 6.04 Å². The summed E-state index contributed by atoms with van der Waals surface area (Å²) in [5.41, 5.74) is 4.43. The van der Waals surface area contributed by atoms with Crippen LogP contribution in [-0.2, 0) is 0 Å². The number of hydrogen-bond acceptors (Lipinski definition) is 6. The van der Waals surface area contributed by atoms with Crippen LogP contribution < -0.4 is 4.74 Å². The largest absolute Gasteiger partial charge is 0.497 e. The molecule has 3 heterocycles. The van der Waals surface area contributed by atoms with E-state index >= 15 is 0 Å². The Morgan fingerprint density at radius 1 is 1.31 bits per heavy atom. The van der Waals surface area contributed by atoms with Gasteiger partial charge in [-0.2, -0.15) is 5.10 Å². The van der Waals surface area contributed by atoms with Gasteiger partial charge in [0.1, 0.15) is 11.4 Å². The molecule has 1 N–H and O–H groups in total. The van der Waals surface area contributed by atoms with Gasteiger partial charge in [-0.25, -0.2) is 14.8 Å². The van der Waals surface area contributed by atoms with Crippen molar-refractivity contribution in [2.24, 2.45) is 0 Å². The number of nitrogens with zero attached hydrogens (tertiary/aromatic N) is 5. The first-order valence-corrected chi connectivity index (χ1v) is 10.3. The summed E-state index contributed by atoms with van der Waals surface area (Å²) < 4.78 is 7.28. The molecule has 0 spiro atoms. The summed E-state index contributed by atoms with van der Waals surface area (Å²) >= 11 is 1.48. The third-order valence-corrected chi connectivity index (χ3v) is 5.45. The molecular weight excluding hydrogens is 390 g/mol. The van der Waals surface area contributed by atoms with Crippen LogP contribution in [0.1, 0.15) is 11.6 Å². The molecule has 1 fully saturated rings. The normalized spacial score (nSPS) is 14.0. The summed E-state index contributed by atoms with van der Waals surface area (Å²) in [6.45, 7) is 2.86. The van der Waals surface area contributed by atoms with E-state index in [1.165, 1.54) is 16.7 Å². The van der Waals surface area contributed by atoms with Gasteiger partial charge in [-0.15, -0.1) is 0 Å². The molecule has 9 heteroatoms. The summed E-state index contributed by atoms with van der Waals surface area (Å²) in [5, 5.41) is 14.6. The minimum atomic E-state index is -0.905. The fourth-order valence-electron chi connectivity index (χ4n) is 3.35. The molecule has 29 heavy (non-hydrogen) atoms. The maximum atomic E-state index is 11.1. The number of carbonyl (C=O) groups is 1. The van der Waals surface area contributed by atoms with E-state index in [2.05, 4.69) is 16.0 Å². The minimum absolute atomic E-state index is 0.00663. The number of aryl methyl sites for hydroxylation is 1. The molecule has 0 radical (unpaired) electrons. The van der Waals surface area contributed by atoms with E-state index in [0.717, 1.165) is 33.8 Å². The van der Waals surface area contributed by atoms with Crippen LogP contribution in [0.2, 0.25) is 0 Å². The maximum Gasteiger partial charge on any atom is 0.407 e. The van der Waals surface area contributed by atoms with Crippen LogP contribution >= 0.6 is 11.8 Å². The molecule has 1 saturated heterocycles. The first-order valence-electron chi connectivity index (χ1n) is 9.09. The van der Waals surface area contributed by atoms with Crippen molar-refractivity contribution in [1.82, 2.24) is 24.6 Å². The smallest absolute Gasteiger partial charge is 0.407 e. The Morgan fingerprint density at radius 2 is 2.10 bits per heavy atom. The summed E-state index contributed by atoms with van der Waals surface area (Å²) in [5.74, 6) is 0.758. The molecule has 1 aromatic carbocycles. The SMILES string of the molecule is COc1cc(C)cc(-c2nn(C3CN(C(=O)O)C3)cc2-c2ccnc(SC)n2)c1. The van der Waals surface area contributed by atoms with Crippen LogP contribution in [-0.4, -0.2) is 62.3 Å². The van der Waals surface area contributed by atoms with Gasteiger partial charge < -0.3 is 14.7 Å². The highest BCUT2D eigenvalue weighted by molar-refractivity contribution is 7.98. The molecule has 0 bridgehead atoms. The first-order chi connectivity index (χ1) is 14.0. The highest BCUT2D eigenvalue weighted by Gasteiger charge is 2.33. The molecule has 4 rings (SSSR count). The van der Waals surface area contributed by atoms with Crippen molar-refractivity contribution in [1.29, 1.82) is 0 Å². The van der Waals surface area contributed by atoms with Gasteiger partial charge in [0.2, 0.25) is 0 Å². The zero-order valence-corrected chi connectivity index (χ0v) is 17.2. The van der Waals surface area contributed by atoms with E-state index in [1.807, 2.05) is 42.3 Å². The molecule has 2 aromatic heterocycles. The summed E-state index contributed by atoms with van der Waals surface area (Å²) in [6.07, 6.45) is 4.71. The molecule has 3 aromatic rings. The molecule has 1 aliphatic rings. The third kappa shape index (κ3) is 3.77. The lowest BCUT2D eigenvalue weighted by Crippen LogP contribution is -2.50. The quantitative estimate of drug-likeness (QED) is 0.507. The molecule has 0 atom stereocenters. The van der Waals surface area contributed by atoms with Gasteiger partial charge in [0.15, 0.2) is 5.16 Å². The molecule has 150 valence electrons. The Bertz CT molecular complexity index is 1060. The molecule has 1 amide bonds. The molecule has 1 aliphatic heterocycles. The van der Waals surface area contributed by atoms with Crippen LogP contribution in [0.3, 0.4) is 0 Å². The number of hydrogen-bond donors (Lipinski definition) is 1. The number of likely N-dealkylation sites (tertiary alicyclic amines) is 1. The number of amides is 1. The number of aromatic nitrogens is 4. The standard InChI is InChI=1S/C20H21N5O3S/c1-12-6-13(8-15(7-12)28-2)18-16(17-4-5-21-19(22-17)29-3)11-25(23-18)14-9-24(10-14)20(26)27/h4-8,11,14H,9-10H2,1-3H3,(H,26,27). The second-order valence-electron chi connectivity index (χ2n) is 6.88. The molecule has 0 saturated carbocycles. The third-order valence-electron chi connectivity index (χ3n) is 4.89. The van der Waals surface area contributed by atoms with Gasteiger partial charge in [-0.1, -0.05) is 11.8 Å². The van der Waals surface area contributed by atoms with Crippen LogP contribution in [0, 0.1) is 6.92 Å². The number of benzene rings is 1. The zero-order valence-electron chi connectivity index (χ0n) is 16.4. The van der Waals surface area contributed by atoms with E-state index in [1.54, 1.807) is 13.3 Å². The fourth-order valence-corrected chi connectivity index (χ4v) is 3.71. The minimum Gasteiger partial charge on any atom is -0.497 e. The lowest BCUT2D eigenvalue weighted by atomic mass is 10.0. The summed E-state index contributed by atoms with van der Waals surface area (Å²) in [7, 11) is 1.64. The highest BCUT2D eigenvalue weighted by atomic mass is 32.2. The number of carboxylic acid groups (broad SMARTS) is 1. The van der Waals surface area contributed by atoms with Crippen molar-refractivity contribution in [2.75, 3.05) is 26.5 Å². The van der Waals surface area contributed by atoms with Crippen LogP contribution in [0.15, 0.2) is 41.8 Å². The van der Waals surface area contributed by atoms with Crippen molar-refractivity contribution < 1.29 is 14.6 Å². The van der Waals surface area contributed by atoms with E-state index < -0.39 is 6.09 Å². The average Bonchev–Trinajstić information content (AvgIpc) is 3.11. The second-order valence-corrected chi connectivity index (χ2v) is 7.65.